The predicted molar refractivity (Wildman–Crippen MR) is 98.3 cm³/mol. The Balaban J connectivity index is 1.60. The number of amides is 2. The molecule has 0 atom stereocenters. The van der Waals surface area contributed by atoms with Crippen molar-refractivity contribution in [3.63, 3.8) is 0 Å². The Bertz CT molecular complexity index is 684. The molecular weight excluding hydrogens is 330 g/mol. The fourth-order valence-corrected chi connectivity index (χ4v) is 4.36. The third kappa shape index (κ3) is 3.13. The molecule has 0 saturated carbocycles. The topological polar surface area (TPSA) is 61.7 Å². The zero-order valence-corrected chi connectivity index (χ0v) is 15.7. The first kappa shape index (κ1) is 17.5. The largest absolute Gasteiger partial charge is 0.337 e. The summed E-state index contributed by atoms with van der Waals surface area (Å²) in [4.78, 5) is 36.8. The molecule has 1 aromatic heterocycles. The van der Waals surface area contributed by atoms with Crippen LogP contribution >= 0.6 is 0 Å². The van der Waals surface area contributed by atoms with Gasteiger partial charge in [0.05, 0.1) is 5.69 Å². The van der Waals surface area contributed by atoms with Crippen LogP contribution in [0.15, 0.2) is 0 Å². The summed E-state index contributed by atoms with van der Waals surface area (Å²) in [5.41, 5.74) is 1.51. The molecule has 7 heteroatoms. The number of aromatic nitrogens is 2. The number of carbonyl (C=O) groups excluding carboxylic acids is 2. The van der Waals surface area contributed by atoms with Gasteiger partial charge in [-0.1, -0.05) is 6.92 Å². The van der Waals surface area contributed by atoms with Gasteiger partial charge in [0.2, 0.25) is 0 Å². The molecule has 0 N–H and O–H groups in total. The van der Waals surface area contributed by atoms with E-state index in [0.717, 1.165) is 90.2 Å². The van der Waals surface area contributed by atoms with Crippen LogP contribution in [-0.4, -0.2) is 81.9 Å². The summed E-state index contributed by atoms with van der Waals surface area (Å²) in [6.45, 7) is 8.90. The van der Waals surface area contributed by atoms with E-state index >= 15 is 0 Å². The van der Waals surface area contributed by atoms with Crippen molar-refractivity contribution in [2.75, 3.05) is 45.8 Å². The number of imidazole rings is 1. The van der Waals surface area contributed by atoms with E-state index in [1.165, 1.54) is 0 Å². The normalized spacial score (nSPS) is 21.1. The molecule has 1 aromatic rings. The number of hydrogen-bond acceptors (Lipinski definition) is 4. The van der Waals surface area contributed by atoms with Gasteiger partial charge in [-0.25, -0.2) is 4.98 Å². The number of piperazine rings is 1. The molecule has 2 saturated heterocycles. The van der Waals surface area contributed by atoms with Gasteiger partial charge in [0, 0.05) is 45.8 Å². The van der Waals surface area contributed by atoms with Gasteiger partial charge in [-0.3, -0.25) is 9.59 Å². The van der Waals surface area contributed by atoms with Crippen LogP contribution in [0.4, 0.5) is 0 Å². The number of fused-ring (bicyclic) bond motifs is 1. The SMILES string of the molecule is CCN1CCN(C(=O)c2nc(C(=O)N3CCCC3)c3n2CCCC3)CC1. The highest BCUT2D eigenvalue weighted by molar-refractivity contribution is 5.97. The van der Waals surface area contributed by atoms with E-state index in [2.05, 4.69) is 16.8 Å². The van der Waals surface area contributed by atoms with E-state index in [1.54, 1.807) is 0 Å². The van der Waals surface area contributed by atoms with Crippen LogP contribution in [0.3, 0.4) is 0 Å². The average molecular weight is 359 g/mol. The molecule has 4 rings (SSSR count). The highest BCUT2D eigenvalue weighted by Gasteiger charge is 2.33. The van der Waals surface area contributed by atoms with Crippen molar-refractivity contribution >= 4 is 11.8 Å². The second-order valence-electron chi connectivity index (χ2n) is 7.57. The Labute approximate surface area is 154 Å². The smallest absolute Gasteiger partial charge is 0.289 e. The maximum absolute atomic E-state index is 13.1. The second kappa shape index (κ2) is 7.39. The van der Waals surface area contributed by atoms with Crippen molar-refractivity contribution in [3.8, 4) is 0 Å². The summed E-state index contributed by atoms with van der Waals surface area (Å²) < 4.78 is 2.03. The lowest BCUT2D eigenvalue weighted by Gasteiger charge is -2.34. The Morgan fingerprint density at radius 1 is 0.846 bits per heavy atom. The highest BCUT2D eigenvalue weighted by atomic mass is 16.2. The Morgan fingerprint density at radius 2 is 1.50 bits per heavy atom. The van der Waals surface area contributed by atoms with Crippen molar-refractivity contribution in [2.45, 2.75) is 45.6 Å². The number of likely N-dealkylation sites (tertiary alicyclic amines) is 1. The van der Waals surface area contributed by atoms with Crippen LogP contribution in [0.5, 0.6) is 0 Å². The first-order valence-electron chi connectivity index (χ1n) is 10.1. The third-order valence-electron chi connectivity index (χ3n) is 6.01. The quantitative estimate of drug-likeness (QED) is 0.814. The van der Waals surface area contributed by atoms with Crippen molar-refractivity contribution in [1.29, 1.82) is 0 Å². The maximum atomic E-state index is 13.1. The Hall–Kier alpha value is -1.89. The molecule has 3 aliphatic heterocycles. The fraction of sp³-hybridized carbons (Fsp3) is 0.737. The lowest BCUT2D eigenvalue weighted by Crippen LogP contribution is -2.49. The van der Waals surface area contributed by atoms with Crippen LogP contribution in [0.1, 0.15) is 59.4 Å². The van der Waals surface area contributed by atoms with Gasteiger partial charge >= 0.3 is 0 Å². The summed E-state index contributed by atoms with van der Waals surface area (Å²) in [7, 11) is 0. The minimum absolute atomic E-state index is 0.00984. The predicted octanol–water partition coefficient (Wildman–Crippen LogP) is 1.23. The Morgan fingerprint density at radius 3 is 2.19 bits per heavy atom. The van der Waals surface area contributed by atoms with Gasteiger partial charge in [-0.15, -0.1) is 0 Å². The third-order valence-corrected chi connectivity index (χ3v) is 6.01. The van der Waals surface area contributed by atoms with Gasteiger partial charge in [-0.05, 0) is 38.6 Å². The summed E-state index contributed by atoms with van der Waals surface area (Å²) in [6, 6.07) is 0. The summed E-state index contributed by atoms with van der Waals surface area (Å²) in [6.07, 6.45) is 5.09. The molecule has 4 heterocycles. The molecule has 7 nitrogen and oxygen atoms in total. The minimum Gasteiger partial charge on any atom is -0.337 e. The van der Waals surface area contributed by atoms with E-state index in [0.29, 0.717) is 11.5 Å². The molecule has 0 aliphatic carbocycles. The number of rotatable bonds is 3. The summed E-state index contributed by atoms with van der Waals surface area (Å²) >= 11 is 0. The molecule has 26 heavy (non-hydrogen) atoms. The molecule has 0 bridgehead atoms. The van der Waals surface area contributed by atoms with E-state index in [4.69, 9.17) is 0 Å². The van der Waals surface area contributed by atoms with Gasteiger partial charge in [0.1, 0.15) is 5.69 Å². The lowest BCUT2D eigenvalue weighted by atomic mass is 10.1. The molecule has 3 aliphatic rings. The number of hydrogen-bond donors (Lipinski definition) is 0. The van der Waals surface area contributed by atoms with E-state index < -0.39 is 0 Å². The van der Waals surface area contributed by atoms with Crippen molar-refractivity contribution in [2.24, 2.45) is 0 Å². The van der Waals surface area contributed by atoms with Gasteiger partial charge < -0.3 is 19.3 Å². The molecule has 142 valence electrons. The molecule has 0 unspecified atom stereocenters. The van der Waals surface area contributed by atoms with Gasteiger partial charge in [0.15, 0.2) is 5.82 Å². The van der Waals surface area contributed by atoms with E-state index in [-0.39, 0.29) is 11.8 Å². The first-order valence-corrected chi connectivity index (χ1v) is 10.1. The van der Waals surface area contributed by atoms with Gasteiger partial charge in [0.25, 0.3) is 11.8 Å². The highest BCUT2D eigenvalue weighted by Crippen LogP contribution is 2.24. The van der Waals surface area contributed by atoms with Crippen LogP contribution in [0, 0.1) is 0 Å². The number of nitrogens with zero attached hydrogens (tertiary/aromatic N) is 5. The van der Waals surface area contributed by atoms with Crippen molar-refractivity contribution in [1.82, 2.24) is 24.3 Å². The molecule has 0 spiro atoms. The van der Waals surface area contributed by atoms with E-state index in [1.807, 2.05) is 14.4 Å². The van der Waals surface area contributed by atoms with Crippen LogP contribution in [0.2, 0.25) is 0 Å². The summed E-state index contributed by atoms with van der Waals surface area (Å²) in [5.74, 6) is 0.486. The molecular formula is C19H29N5O2. The summed E-state index contributed by atoms with van der Waals surface area (Å²) in [5, 5.41) is 0. The fourth-order valence-electron chi connectivity index (χ4n) is 4.36. The van der Waals surface area contributed by atoms with Gasteiger partial charge in [-0.2, -0.15) is 0 Å². The second-order valence-corrected chi connectivity index (χ2v) is 7.57. The molecule has 0 radical (unpaired) electrons. The average Bonchev–Trinajstić information content (AvgIpc) is 3.35. The van der Waals surface area contributed by atoms with Crippen LogP contribution in [-0.2, 0) is 13.0 Å². The van der Waals surface area contributed by atoms with Crippen molar-refractivity contribution < 1.29 is 9.59 Å². The maximum Gasteiger partial charge on any atom is 0.289 e. The van der Waals surface area contributed by atoms with Crippen molar-refractivity contribution in [3.05, 3.63) is 17.2 Å². The minimum atomic E-state index is -0.00984. The molecule has 2 fully saturated rings. The first-order chi connectivity index (χ1) is 12.7. The zero-order valence-electron chi connectivity index (χ0n) is 15.7. The van der Waals surface area contributed by atoms with Crippen LogP contribution < -0.4 is 0 Å². The monoisotopic (exact) mass is 359 g/mol. The standard InChI is InChI=1S/C19H29N5O2/c1-2-21-11-13-23(14-12-21)19(26)17-20-16(15-7-3-4-10-24(15)17)18(25)22-8-5-6-9-22/h2-14H2,1H3. The van der Waals surface area contributed by atoms with Crippen LogP contribution in [0.25, 0.3) is 0 Å². The molecule has 0 aromatic carbocycles. The van der Waals surface area contributed by atoms with E-state index in [9.17, 15) is 9.59 Å². The zero-order chi connectivity index (χ0) is 18.1. The number of carbonyl (C=O) groups is 2. The Kier molecular flexibility index (Phi) is 4.98. The lowest BCUT2D eigenvalue weighted by molar-refractivity contribution is 0.0625. The molecule has 2 amide bonds. The number of likely N-dealkylation sites (N-methyl/N-ethyl adjacent to an activating group) is 1.